The molecule has 0 unspecified atom stereocenters. The number of para-hydroxylation sites is 2. The van der Waals surface area contributed by atoms with Gasteiger partial charge >= 0.3 is 0 Å². The Hall–Kier alpha value is -1.39. The summed E-state index contributed by atoms with van der Waals surface area (Å²) in [6.07, 6.45) is 0. The van der Waals surface area contributed by atoms with Gasteiger partial charge in [0.1, 0.15) is 19.6 Å². The van der Waals surface area contributed by atoms with Gasteiger partial charge in [0.25, 0.3) is 0 Å². The summed E-state index contributed by atoms with van der Waals surface area (Å²) in [7, 11) is 0. The summed E-state index contributed by atoms with van der Waals surface area (Å²) in [6.45, 7) is 4.87. The zero-order valence-electron chi connectivity index (χ0n) is 9.20. The number of quaternary nitrogens is 1. The number of H-pyrrole nitrogens is 1. The first-order valence-corrected chi connectivity index (χ1v) is 5.77. The van der Waals surface area contributed by atoms with Crippen LogP contribution in [0, 0.1) is 0 Å². The molecule has 16 heavy (non-hydrogen) atoms. The third-order valence-corrected chi connectivity index (χ3v) is 3.06. The molecule has 2 aromatic rings. The normalized spacial score (nSPS) is 18.0. The number of morpholine rings is 1. The number of aromatic nitrogens is 2. The Labute approximate surface area is 94.2 Å². The first-order chi connectivity index (χ1) is 7.92. The van der Waals surface area contributed by atoms with Crippen LogP contribution in [0.1, 0.15) is 5.82 Å². The Morgan fingerprint density at radius 1 is 1.25 bits per heavy atom. The lowest BCUT2D eigenvalue weighted by Gasteiger charge is -2.22. The maximum atomic E-state index is 5.34. The number of imidazole rings is 1. The lowest BCUT2D eigenvalue weighted by molar-refractivity contribution is -0.922. The highest BCUT2D eigenvalue weighted by molar-refractivity contribution is 5.74. The fraction of sp³-hybridized carbons (Fsp3) is 0.417. The van der Waals surface area contributed by atoms with Crippen molar-refractivity contribution in [2.24, 2.45) is 0 Å². The predicted molar refractivity (Wildman–Crippen MR) is 61.3 cm³/mol. The van der Waals surface area contributed by atoms with E-state index in [1.54, 1.807) is 4.90 Å². The molecule has 0 amide bonds. The number of nitrogens with zero attached hydrogens (tertiary/aromatic N) is 1. The van der Waals surface area contributed by atoms with Crippen LogP contribution in [0.4, 0.5) is 0 Å². The molecule has 2 heterocycles. The van der Waals surface area contributed by atoms with Crippen molar-refractivity contribution >= 4 is 11.0 Å². The van der Waals surface area contributed by atoms with Crippen LogP contribution >= 0.6 is 0 Å². The Balaban J connectivity index is 1.78. The van der Waals surface area contributed by atoms with Crippen LogP contribution in [0.2, 0.25) is 0 Å². The number of aromatic amines is 1. The Kier molecular flexibility index (Phi) is 2.60. The van der Waals surface area contributed by atoms with Gasteiger partial charge in [-0.25, -0.2) is 4.98 Å². The molecule has 1 aliphatic rings. The average molecular weight is 218 g/mol. The third kappa shape index (κ3) is 1.94. The number of nitrogens with one attached hydrogen (secondary N) is 2. The van der Waals surface area contributed by atoms with Gasteiger partial charge in [-0.05, 0) is 12.1 Å². The molecule has 3 rings (SSSR count). The Morgan fingerprint density at radius 2 is 2.06 bits per heavy atom. The summed E-state index contributed by atoms with van der Waals surface area (Å²) in [6, 6.07) is 8.17. The molecular formula is C12H16N3O+. The van der Waals surface area contributed by atoms with Crippen LogP contribution in [0.15, 0.2) is 24.3 Å². The molecular weight excluding hydrogens is 202 g/mol. The number of ether oxygens (including phenoxy) is 1. The molecule has 1 aromatic heterocycles. The molecule has 1 saturated heterocycles. The minimum absolute atomic E-state index is 0.871. The second-order valence-corrected chi connectivity index (χ2v) is 4.24. The topological polar surface area (TPSA) is 42.4 Å². The number of benzene rings is 1. The van der Waals surface area contributed by atoms with Gasteiger partial charge in [-0.3, -0.25) is 0 Å². The van der Waals surface area contributed by atoms with E-state index in [0.717, 1.165) is 49.7 Å². The highest BCUT2D eigenvalue weighted by atomic mass is 16.5. The van der Waals surface area contributed by atoms with Gasteiger partial charge in [-0.2, -0.15) is 0 Å². The van der Waals surface area contributed by atoms with Crippen molar-refractivity contribution in [3.63, 3.8) is 0 Å². The summed E-state index contributed by atoms with van der Waals surface area (Å²) >= 11 is 0. The zero-order valence-corrected chi connectivity index (χ0v) is 9.20. The molecule has 0 spiro atoms. The van der Waals surface area contributed by atoms with E-state index in [2.05, 4.69) is 16.0 Å². The number of rotatable bonds is 2. The maximum absolute atomic E-state index is 5.34. The number of hydrogen-bond donors (Lipinski definition) is 2. The third-order valence-electron chi connectivity index (χ3n) is 3.06. The summed E-state index contributed by atoms with van der Waals surface area (Å²) in [4.78, 5) is 9.51. The Morgan fingerprint density at radius 3 is 2.88 bits per heavy atom. The SMILES string of the molecule is c1ccc2[nH]c(C[NH+]3CCOCC3)nc2c1. The highest BCUT2D eigenvalue weighted by Crippen LogP contribution is 2.09. The summed E-state index contributed by atoms with van der Waals surface area (Å²) in [5.74, 6) is 1.08. The molecule has 0 atom stereocenters. The molecule has 84 valence electrons. The first-order valence-electron chi connectivity index (χ1n) is 5.77. The van der Waals surface area contributed by atoms with Crippen LogP contribution in [0.5, 0.6) is 0 Å². The standard InChI is InChI=1S/C12H15N3O/c1-2-4-11-10(3-1)13-12(14-11)9-15-5-7-16-8-6-15/h1-4H,5-9H2,(H,13,14)/p+1. The van der Waals surface area contributed by atoms with Gasteiger partial charge in [0.2, 0.25) is 0 Å². The molecule has 0 bridgehead atoms. The lowest BCUT2D eigenvalue weighted by Crippen LogP contribution is -3.12. The van der Waals surface area contributed by atoms with Crippen molar-refractivity contribution in [1.82, 2.24) is 9.97 Å². The van der Waals surface area contributed by atoms with Crippen LogP contribution in [0.3, 0.4) is 0 Å². The van der Waals surface area contributed by atoms with Crippen molar-refractivity contribution in [2.75, 3.05) is 26.3 Å². The zero-order chi connectivity index (χ0) is 10.8. The minimum atomic E-state index is 0.871. The van der Waals surface area contributed by atoms with E-state index in [4.69, 9.17) is 4.74 Å². The molecule has 1 aromatic carbocycles. The van der Waals surface area contributed by atoms with Crippen molar-refractivity contribution in [3.8, 4) is 0 Å². The van der Waals surface area contributed by atoms with Gasteiger partial charge < -0.3 is 14.6 Å². The molecule has 4 nitrogen and oxygen atoms in total. The second-order valence-electron chi connectivity index (χ2n) is 4.24. The van der Waals surface area contributed by atoms with E-state index in [-0.39, 0.29) is 0 Å². The number of fused-ring (bicyclic) bond motifs is 1. The molecule has 0 saturated carbocycles. The van der Waals surface area contributed by atoms with Crippen molar-refractivity contribution in [2.45, 2.75) is 6.54 Å². The van der Waals surface area contributed by atoms with Gasteiger partial charge in [0.05, 0.1) is 24.2 Å². The fourth-order valence-corrected chi connectivity index (χ4v) is 2.16. The van der Waals surface area contributed by atoms with Gasteiger partial charge in [0, 0.05) is 0 Å². The van der Waals surface area contributed by atoms with Crippen molar-refractivity contribution in [3.05, 3.63) is 30.1 Å². The maximum Gasteiger partial charge on any atom is 0.162 e. The summed E-state index contributed by atoms with van der Waals surface area (Å²) in [5.41, 5.74) is 2.19. The van der Waals surface area contributed by atoms with E-state index in [9.17, 15) is 0 Å². The summed E-state index contributed by atoms with van der Waals surface area (Å²) in [5, 5.41) is 0. The smallest absolute Gasteiger partial charge is 0.162 e. The average Bonchev–Trinajstić information content (AvgIpc) is 2.72. The molecule has 2 N–H and O–H groups in total. The summed E-state index contributed by atoms with van der Waals surface area (Å²) < 4.78 is 5.34. The lowest BCUT2D eigenvalue weighted by atomic mass is 10.3. The second kappa shape index (κ2) is 4.23. The Bertz CT molecular complexity index is 441. The van der Waals surface area contributed by atoms with Gasteiger partial charge in [-0.1, -0.05) is 12.1 Å². The molecule has 1 aliphatic heterocycles. The van der Waals surface area contributed by atoms with Crippen LogP contribution < -0.4 is 4.90 Å². The van der Waals surface area contributed by atoms with E-state index >= 15 is 0 Å². The minimum Gasteiger partial charge on any atom is -0.370 e. The van der Waals surface area contributed by atoms with E-state index in [0.29, 0.717) is 0 Å². The molecule has 0 radical (unpaired) electrons. The van der Waals surface area contributed by atoms with Crippen LogP contribution in [0.25, 0.3) is 11.0 Å². The molecule has 1 fully saturated rings. The first kappa shape index (κ1) is 9.81. The van der Waals surface area contributed by atoms with Gasteiger partial charge in [-0.15, -0.1) is 0 Å². The monoisotopic (exact) mass is 218 g/mol. The molecule has 4 heteroatoms. The molecule has 0 aliphatic carbocycles. The number of hydrogen-bond acceptors (Lipinski definition) is 2. The van der Waals surface area contributed by atoms with Crippen molar-refractivity contribution < 1.29 is 9.64 Å². The highest BCUT2D eigenvalue weighted by Gasteiger charge is 2.15. The van der Waals surface area contributed by atoms with Crippen molar-refractivity contribution in [1.29, 1.82) is 0 Å². The van der Waals surface area contributed by atoms with Crippen LogP contribution in [-0.2, 0) is 11.3 Å². The van der Waals surface area contributed by atoms with E-state index < -0.39 is 0 Å². The largest absolute Gasteiger partial charge is 0.370 e. The van der Waals surface area contributed by atoms with Gasteiger partial charge in [0.15, 0.2) is 5.82 Å². The predicted octanol–water partition coefficient (Wildman–Crippen LogP) is -0.0220. The fourth-order valence-electron chi connectivity index (χ4n) is 2.16. The van der Waals surface area contributed by atoms with Crippen LogP contribution in [-0.4, -0.2) is 36.3 Å². The van der Waals surface area contributed by atoms with E-state index in [1.165, 1.54) is 0 Å². The quantitative estimate of drug-likeness (QED) is 0.744. The van der Waals surface area contributed by atoms with E-state index in [1.807, 2.05) is 18.2 Å².